The maximum absolute atomic E-state index is 8.36. The van der Waals surface area contributed by atoms with E-state index in [2.05, 4.69) is 27.9 Å². The fourth-order valence-electron chi connectivity index (χ4n) is 0.742. The lowest BCUT2D eigenvalue weighted by molar-refractivity contribution is 0.322. The molecule has 0 saturated carbocycles. The van der Waals surface area contributed by atoms with Gasteiger partial charge in [0.05, 0.1) is 12.5 Å². The first kappa shape index (κ1) is 10.2. The summed E-state index contributed by atoms with van der Waals surface area (Å²) in [5.41, 5.74) is 7.80. The number of oxime groups is 1. The van der Waals surface area contributed by atoms with Gasteiger partial charge in [0.2, 0.25) is 0 Å². The molecule has 4 N–H and O–H groups in total. The normalized spacial score (nSPS) is 11.9. The van der Waals surface area contributed by atoms with E-state index in [1.165, 1.54) is 6.26 Å². The summed E-state index contributed by atoms with van der Waals surface area (Å²) in [5.74, 6) is 0.437. The Hall–Kier alpha value is -1.89. The van der Waals surface area contributed by atoms with Crippen LogP contribution in [-0.2, 0) is 0 Å². The van der Waals surface area contributed by atoms with Crippen LogP contribution in [0.1, 0.15) is 5.76 Å². The lowest BCUT2D eigenvalue weighted by Gasteiger charge is -1.97. The molecule has 0 atom stereocenters. The maximum Gasteiger partial charge on any atom is 0.184 e. The van der Waals surface area contributed by atoms with Crippen LogP contribution < -0.4 is 11.2 Å². The molecule has 1 rings (SSSR count). The quantitative estimate of drug-likeness (QED) is 0.289. The molecule has 0 aliphatic carbocycles. The Morgan fingerprint density at radius 2 is 2.50 bits per heavy atom. The third-order valence-corrected chi connectivity index (χ3v) is 1.33. The summed E-state index contributed by atoms with van der Waals surface area (Å²) in [6, 6.07) is 3.33. The van der Waals surface area contributed by atoms with E-state index in [4.69, 9.17) is 15.4 Å². The van der Waals surface area contributed by atoms with Gasteiger partial charge in [-0.05, 0) is 24.4 Å². The fraction of sp³-hybridized carbons (Fsp3) is 0. The summed E-state index contributed by atoms with van der Waals surface area (Å²) in [6.07, 6.45) is 2.57. The van der Waals surface area contributed by atoms with Gasteiger partial charge in [0.1, 0.15) is 5.71 Å². The van der Waals surface area contributed by atoms with E-state index < -0.39 is 0 Å². The van der Waals surface area contributed by atoms with E-state index in [1.54, 1.807) is 12.1 Å². The van der Waals surface area contributed by atoms with E-state index in [1.807, 2.05) is 0 Å². The monoisotopic (exact) mass is 212 g/mol. The molecule has 0 radical (unpaired) electrons. The number of hydrazone groups is 1. The summed E-state index contributed by atoms with van der Waals surface area (Å²) in [5, 5.41) is 15.0. The SMILES string of the molecule is NC(=S)N/N=C(/C=N/O)c1ccco1. The molecule has 0 aliphatic rings. The molecule has 0 spiro atoms. The Kier molecular flexibility index (Phi) is 3.62. The van der Waals surface area contributed by atoms with Gasteiger partial charge in [-0.3, -0.25) is 5.43 Å². The van der Waals surface area contributed by atoms with Crippen molar-refractivity contribution in [3.05, 3.63) is 24.2 Å². The molecule has 1 heterocycles. The summed E-state index contributed by atoms with van der Waals surface area (Å²) in [4.78, 5) is 0. The number of nitrogens with two attached hydrogens (primary N) is 1. The Labute approximate surface area is 85.1 Å². The van der Waals surface area contributed by atoms with Crippen LogP contribution in [0.3, 0.4) is 0 Å². The number of nitrogens with zero attached hydrogens (tertiary/aromatic N) is 2. The molecule has 0 fully saturated rings. The Balaban J connectivity index is 2.85. The molecule has 14 heavy (non-hydrogen) atoms. The molecule has 1 aromatic heterocycles. The van der Waals surface area contributed by atoms with E-state index in [0.29, 0.717) is 5.76 Å². The molecule has 0 aliphatic heterocycles. The van der Waals surface area contributed by atoms with Crippen LogP contribution in [-0.4, -0.2) is 22.2 Å². The van der Waals surface area contributed by atoms with Gasteiger partial charge in [-0.2, -0.15) is 5.10 Å². The summed E-state index contributed by atoms with van der Waals surface area (Å²) in [6.45, 7) is 0. The standard InChI is InChI=1S/C7H8N4O2S/c8-7(14)11-10-5(4-9-12)6-2-1-3-13-6/h1-4,12H,(H3,8,11,14)/b9-4+,10-5-. The molecule has 0 aromatic carbocycles. The highest BCUT2D eigenvalue weighted by Gasteiger charge is 2.03. The van der Waals surface area contributed by atoms with Crippen molar-refractivity contribution in [1.29, 1.82) is 0 Å². The van der Waals surface area contributed by atoms with Crippen molar-refractivity contribution in [3.63, 3.8) is 0 Å². The Bertz CT molecular complexity index is 358. The highest BCUT2D eigenvalue weighted by atomic mass is 32.1. The third kappa shape index (κ3) is 2.87. The molecule has 0 bridgehead atoms. The lowest BCUT2D eigenvalue weighted by atomic mass is 10.3. The molecule has 0 amide bonds. The van der Waals surface area contributed by atoms with Crippen LogP contribution in [0, 0.1) is 0 Å². The third-order valence-electron chi connectivity index (χ3n) is 1.24. The minimum Gasteiger partial charge on any atom is -0.463 e. The second kappa shape index (κ2) is 4.97. The smallest absolute Gasteiger partial charge is 0.184 e. The zero-order chi connectivity index (χ0) is 10.4. The zero-order valence-electron chi connectivity index (χ0n) is 7.04. The average molecular weight is 212 g/mol. The fourth-order valence-corrected chi connectivity index (χ4v) is 0.788. The van der Waals surface area contributed by atoms with Gasteiger partial charge in [-0.1, -0.05) is 5.16 Å². The van der Waals surface area contributed by atoms with Crippen molar-refractivity contribution in [2.24, 2.45) is 16.0 Å². The molecule has 1 aromatic rings. The van der Waals surface area contributed by atoms with Gasteiger partial charge < -0.3 is 15.4 Å². The van der Waals surface area contributed by atoms with E-state index in [0.717, 1.165) is 6.21 Å². The molecule has 6 nitrogen and oxygen atoms in total. The number of rotatable bonds is 3. The number of hydrogen-bond acceptors (Lipinski definition) is 5. The molecular weight excluding hydrogens is 204 g/mol. The predicted molar refractivity (Wildman–Crippen MR) is 55.4 cm³/mol. The number of nitrogens with one attached hydrogen (secondary N) is 1. The van der Waals surface area contributed by atoms with E-state index >= 15 is 0 Å². The first-order valence-corrected chi connectivity index (χ1v) is 3.99. The topological polar surface area (TPSA) is 96.1 Å². The summed E-state index contributed by atoms with van der Waals surface area (Å²) >= 11 is 4.55. The molecule has 74 valence electrons. The van der Waals surface area contributed by atoms with Gasteiger partial charge in [0.15, 0.2) is 10.9 Å². The van der Waals surface area contributed by atoms with Crippen molar-refractivity contribution >= 4 is 29.3 Å². The molecule has 0 saturated heterocycles. The van der Waals surface area contributed by atoms with Crippen LogP contribution in [0.15, 0.2) is 33.1 Å². The first-order chi connectivity index (χ1) is 6.74. The molecule has 0 unspecified atom stereocenters. The van der Waals surface area contributed by atoms with Crippen molar-refractivity contribution in [1.82, 2.24) is 5.43 Å². The minimum atomic E-state index is 0.0143. The Morgan fingerprint density at radius 3 is 3.00 bits per heavy atom. The number of hydrogen-bond donors (Lipinski definition) is 3. The maximum atomic E-state index is 8.36. The van der Waals surface area contributed by atoms with E-state index in [-0.39, 0.29) is 10.8 Å². The number of thiocarbonyl (C=S) groups is 1. The van der Waals surface area contributed by atoms with Crippen LogP contribution in [0.25, 0.3) is 0 Å². The summed E-state index contributed by atoms with van der Waals surface area (Å²) in [7, 11) is 0. The van der Waals surface area contributed by atoms with Crippen LogP contribution >= 0.6 is 12.2 Å². The van der Waals surface area contributed by atoms with Gasteiger partial charge in [-0.25, -0.2) is 0 Å². The van der Waals surface area contributed by atoms with Crippen LogP contribution in [0.4, 0.5) is 0 Å². The average Bonchev–Trinajstić information content (AvgIpc) is 2.64. The highest BCUT2D eigenvalue weighted by Crippen LogP contribution is 2.00. The first-order valence-electron chi connectivity index (χ1n) is 3.58. The largest absolute Gasteiger partial charge is 0.463 e. The second-order valence-electron chi connectivity index (χ2n) is 2.19. The van der Waals surface area contributed by atoms with Crippen molar-refractivity contribution in [2.45, 2.75) is 0 Å². The highest BCUT2D eigenvalue weighted by molar-refractivity contribution is 7.80. The zero-order valence-corrected chi connectivity index (χ0v) is 7.86. The summed E-state index contributed by atoms with van der Waals surface area (Å²) < 4.78 is 5.02. The minimum absolute atomic E-state index is 0.0143. The number of furan rings is 1. The lowest BCUT2D eigenvalue weighted by Crippen LogP contribution is -2.25. The van der Waals surface area contributed by atoms with Gasteiger partial charge in [0.25, 0.3) is 0 Å². The van der Waals surface area contributed by atoms with Crippen LogP contribution in [0.5, 0.6) is 0 Å². The molecular formula is C7H8N4O2S. The van der Waals surface area contributed by atoms with Gasteiger partial charge in [0, 0.05) is 0 Å². The van der Waals surface area contributed by atoms with Gasteiger partial charge in [-0.15, -0.1) is 0 Å². The Morgan fingerprint density at radius 1 is 1.71 bits per heavy atom. The van der Waals surface area contributed by atoms with Crippen molar-refractivity contribution < 1.29 is 9.62 Å². The van der Waals surface area contributed by atoms with Crippen molar-refractivity contribution in [3.8, 4) is 0 Å². The van der Waals surface area contributed by atoms with Crippen molar-refractivity contribution in [2.75, 3.05) is 0 Å². The van der Waals surface area contributed by atoms with Crippen LogP contribution in [0.2, 0.25) is 0 Å². The second-order valence-corrected chi connectivity index (χ2v) is 2.63. The van der Waals surface area contributed by atoms with Gasteiger partial charge >= 0.3 is 0 Å². The van der Waals surface area contributed by atoms with E-state index in [9.17, 15) is 0 Å². The molecule has 7 heteroatoms. The predicted octanol–water partition coefficient (Wildman–Crippen LogP) is 0.277.